The molecule has 13 heavy (non-hydrogen) atoms. The molecule has 0 aromatic carbocycles. The molecule has 0 spiro atoms. The molecule has 0 aromatic heterocycles. The van der Waals surface area contributed by atoms with Gasteiger partial charge in [0, 0.05) is 0 Å². The highest BCUT2D eigenvalue weighted by atomic mass is 14.6. The Kier molecular flexibility index (Phi) is 9.25. The van der Waals surface area contributed by atoms with Crippen LogP contribution in [0.4, 0.5) is 0 Å². The van der Waals surface area contributed by atoms with E-state index in [1.165, 1.54) is 44.9 Å². The molecular weight excluding hydrogens is 158 g/mol. The topological polar surface area (TPSA) is 26.0 Å². The molecule has 0 bridgehead atoms. The van der Waals surface area contributed by atoms with Crippen molar-refractivity contribution in [2.24, 2.45) is 5.73 Å². The van der Waals surface area contributed by atoms with Crippen LogP contribution in [0.2, 0.25) is 0 Å². The average Bonchev–Trinajstić information content (AvgIpc) is 2.16. The van der Waals surface area contributed by atoms with Gasteiger partial charge < -0.3 is 5.73 Å². The van der Waals surface area contributed by atoms with Gasteiger partial charge in [-0.3, -0.25) is 0 Å². The van der Waals surface area contributed by atoms with Gasteiger partial charge in [0.25, 0.3) is 0 Å². The largest absolute Gasteiger partial charge is 0.318 e. The fourth-order valence-electron chi connectivity index (χ4n) is 1.40. The Hall–Kier alpha value is -0.480. The summed E-state index contributed by atoms with van der Waals surface area (Å²) < 4.78 is 0. The van der Waals surface area contributed by atoms with E-state index in [0.717, 1.165) is 6.42 Å². The summed E-state index contributed by atoms with van der Waals surface area (Å²) in [6, 6.07) is -0.0179. The van der Waals surface area contributed by atoms with E-state index >= 15 is 0 Å². The average molecular weight is 181 g/mol. The molecule has 1 atom stereocenters. The quantitative estimate of drug-likeness (QED) is 0.452. The van der Waals surface area contributed by atoms with Gasteiger partial charge >= 0.3 is 0 Å². The maximum Gasteiger partial charge on any atom is 0.0661 e. The van der Waals surface area contributed by atoms with Crippen LogP contribution in [0.15, 0.2) is 0 Å². The molecule has 0 aliphatic rings. The molecule has 0 saturated carbocycles. The van der Waals surface area contributed by atoms with Crippen molar-refractivity contribution in [2.45, 2.75) is 64.3 Å². The summed E-state index contributed by atoms with van der Waals surface area (Å²) in [6.45, 7) is 2.24. The van der Waals surface area contributed by atoms with Crippen LogP contribution in [0.3, 0.4) is 0 Å². The monoisotopic (exact) mass is 181 g/mol. The summed E-state index contributed by atoms with van der Waals surface area (Å²) in [5, 5.41) is 0. The summed E-state index contributed by atoms with van der Waals surface area (Å²) in [7, 11) is 0. The van der Waals surface area contributed by atoms with Gasteiger partial charge in [-0.2, -0.15) is 0 Å². The van der Waals surface area contributed by atoms with Crippen molar-refractivity contribution in [3.05, 3.63) is 0 Å². The number of hydrogen-bond acceptors (Lipinski definition) is 1. The van der Waals surface area contributed by atoms with Gasteiger partial charge in [-0.15, -0.1) is 6.42 Å². The predicted octanol–water partition coefficient (Wildman–Crippen LogP) is 3.09. The van der Waals surface area contributed by atoms with Crippen LogP contribution in [0.1, 0.15) is 58.3 Å². The van der Waals surface area contributed by atoms with E-state index in [0.29, 0.717) is 0 Å². The van der Waals surface area contributed by atoms with Crippen molar-refractivity contribution in [3.8, 4) is 12.3 Å². The molecule has 0 amide bonds. The number of unbranched alkanes of at least 4 members (excludes halogenated alkanes) is 6. The minimum atomic E-state index is -0.0179. The van der Waals surface area contributed by atoms with Crippen molar-refractivity contribution < 1.29 is 0 Å². The van der Waals surface area contributed by atoms with Gasteiger partial charge in [-0.05, 0) is 6.42 Å². The second-order valence-electron chi connectivity index (χ2n) is 3.68. The van der Waals surface area contributed by atoms with E-state index in [1.54, 1.807) is 0 Å². The standard InChI is InChI=1S/C12H23N/c1-3-5-6-7-8-9-10-11-12(13)4-2/h2,12H,3,5-11,13H2,1H3/t12-/m0/s1. The third-order valence-corrected chi connectivity index (χ3v) is 2.33. The summed E-state index contributed by atoms with van der Waals surface area (Å²) in [4.78, 5) is 0. The van der Waals surface area contributed by atoms with Crippen molar-refractivity contribution in [2.75, 3.05) is 0 Å². The number of nitrogens with two attached hydrogens (primary N) is 1. The van der Waals surface area contributed by atoms with Gasteiger partial charge in [0.1, 0.15) is 0 Å². The Bertz CT molecular complexity index is 135. The fourth-order valence-corrected chi connectivity index (χ4v) is 1.40. The summed E-state index contributed by atoms with van der Waals surface area (Å²) in [5.41, 5.74) is 5.60. The van der Waals surface area contributed by atoms with Gasteiger partial charge in [0.05, 0.1) is 6.04 Å². The maximum atomic E-state index is 5.60. The van der Waals surface area contributed by atoms with E-state index in [9.17, 15) is 0 Å². The van der Waals surface area contributed by atoms with Gasteiger partial charge in [0.2, 0.25) is 0 Å². The molecule has 0 aliphatic carbocycles. The fraction of sp³-hybridized carbons (Fsp3) is 0.833. The zero-order chi connectivity index (χ0) is 9.94. The Morgan fingerprint density at radius 1 is 1.08 bits per heavy atom. The molecule has 0 radical (unpaired) electrons. The first-order valence-corrected chi connectivity index (χ1v) is 5.53. The minimum absolute atomic E-state index is 0.0179. The Morgan fingerprint density at radius 3 is 2.15 bits per heavy atom. The molecule has 1 heteroatoms. The smallest absolute Gasteiger partial charge is 0.0661 e. The van der Waals surface area contributed by atoms with E-state index in [4.69, 9.17) is 12.2 Å². The van der Waals surface area contributed by atoms with Gasteiger partial charge in [0.15, 0.2) is 0 Å². The molecule has 0 rings (SSSR count). The maximum absolute atomic E-state index is 5.60. The third-order valence-electron chi connectivity index (χ3n) is 2.33. The predicted molar refractivity (Wildman–Crippen MR) is 59.4 cm³/mol. The molecule has 0 heterocycles. The zero-order valence-electron chi connectivity index (χ0n) is 8.89. The lowest BCUT2D eigenvalue weighted by Gasteiger charge is -2.03. The molecular formula is C12H23N. The molecule has 0 unspecified atom stereocenters. The SMILES string of the molecule is C#C[C@H](N)CCCCCCCCC. The highest BCUT2D eigenvalue weighted by Gasteiger charge is 1.96. The van der Waals surface area contributed by atoms with Crippen molar-refractivity contribution in [1.29, 1.82) is 0 Å². The number of rotatable bonds is 8. The van der Waals surface area contributed by atoms with Crippen LogP contribution in [0.25, 0.3) is 0 Å². The molecule has 0 aromatic rings. The lowest BCUT2D eigenvalue weighted by atomic mass is 10.1. The second-order valence-corrected chi connectivity index (χ2v) is 3.68. The zero-order valence-corrected chi connectivity index (χ0v) is 8.89. The van der Waals surface area contributed by atoms with Crippen molar-refractivity contribution in [1.82, 2.24) is 0 Å². The normalized spacial score (nSPS) is 12.4. The van der Waals surface area contributed by atoms with Crippen LogP contribution in [0, 0.1) is 12.3 Å². The molecule has 0 aliphatic heterocycles. The van der Waals surface area contributed by atoms with Crippen LogP contribution in [-0.2, 0) is 0 Å². The van der Waals surface area contributed by atoms with Crippen LogP contribution >= 0.6 is 0 Å². The Labute approximate surface area is 83.1 Å². The summed E-state index contributed by atoms with van der Waals surface area (Å²) in [6.07, 6.45) is 15.5. The van der Waals surface area contributed by atoms with Crippen molar-refractivity contribution in [3.63, 3.8) is 0 Å². The highest BCUT2D eigenvalue weighted by Crippen LogP contribution is 2.08. The second kappa shape index (κ2) is 9.61. The molecule has 76 valence electrons. The summed E-state index contributed by atoms with van der Waals surface area (Å²) in [5.74, 6) is 2.55. The first-order valence-electron chi connectivity index (χ1n) is 5.53. The van der Waals surface area contributed by atoms with Crippen LogP contribution in [-0.4, -0.2) is 6.04 Å². The third kappa shape index (κ3) is 9.43. The van der Waals surface area contributed by atoms with Crippen molar-refractivity contribution >= 4 is 0 Å². The van der Waals surface area contributed by atoms with E-state index in [1.807, 2.05) is 0 Å². The minimum Gasteiger partial charge on any atom is -0.318 e. The lowest BCUT2D eigenvalue weighted by molar-refractivity contribution is 0.564. The molecule has 0 fully saturated rings. The summed E-state index contributed by atoms with van der Waals surface area (Å²) >= 11 is 0. The molecule has 0 saturated heterocycles. The molecule has 1 nitrogen and oxygen atoms in total. The van der Waals surface area contributed by atoms with E-state index in [2.05, 4.69) is 12.8 Å². The highest BCUT2D eigenvalue weighted by molar-refractivity contribution is 4.95. The lowest BCUT2D eigenvalue weighted by Crippen LogP contribution is -2.16. The number of terminal acetylenes is 1. The van der Waals surface area contributed by atoms with E-state index < -0.39 is 0 Å². The Balaban J connectivity index is 2.96. The molecule has 2 N–H and O–H groups in total. The van der Waals surface area contributed by atoms with Gasteiger partial charge in [-0.25, -0.2) is 0 Å². The Morgan fingerprint density at radius 2 is 1.62 bits per heavy atom. The first kappa shape index (κ1) is 12.5. The van der Waals surface area contributed by atoms with Gasteiger partial charge in [-0.1, -0.05) is 57.8 Å². The first-order chi connectivity index (χ1) is 6.31. The van der Waals surface area contributed by atoms with Crippen LogP contribution < -0.4 is 5.73 Å². The van der Waals surface area contributed by atoms with E-state index in [-0.39, 0.29) is 6.04 Å². The number of hydrogen-bond donors (Lipinski definition) is 1. The van der Waals surface area contributed by atoms with Crippen LogP contribution in [0.5, 0.6) is 0 Å².